The summed E-state index contributed by atoms with van der Waals surface area (Å²) in [5, 5.41) is 3.14. The summed E-state index contributed by atoms with van der Waals surface area (Å²) in [5.41, 5.74) is 16.5. The van der Waals surface area contributed by atoms with Crippen LogP contribution in [0.4, 0.5) is 37.1 Å². The molecule has 11 fully saturated rings. The van der Waals surface area contributed by atoms with Crippen LogP contribution < -0.4 is 25.8 Å². The number of nitrogens with zero attached hydrogens (tertiary/aromatic N) is 9. The first-order valence-corrected chi connectivity index (χ1v) is 44.9. The number of primary amides is 1. The summed E-state index contributed by atoms with van der Waals surface area (Å²) in [6.45, 7) is 17.3. The zero-order valence-corrected chi connectivity index (χ0v) is 68.3. The van der Waals surface area contributed by atoms with E-state index in [0.29, 0.717) is 31.2 Å². The van der Waals surface area contributed by atoms with Gasteiger partial charge in [0.05, 0.1) is 6.61 Å². The normalized spacial score (nSPS) is 29.9. The smallest absolute Gasteiger partial charge is 0.410 e. The van der Waals surface area contributed by atoms with Gasteiger partial charge in [-0.25, -0.2) is 14.4 Å². The molecule has 4 spiro atoms. The molecular formula is C94H139N11O6. The lowest BCUT2D eigenvalue weighted by Gasteiger charge is -2.48. The van der Waals surface area contributed by atoms with E-state index < -0.39 is 0 Å². The van der Waals surface area contributed by atoms with Crippen LogP contribution in [0.3, 0.4) is 0 Å². The Bertz CT molecular complexity index is 3870. The average Bonchev–Trinajstić information content (AvgIpc) is 1.70. The van der Waals surface area contributed by atoms with E-state index >= 15 is 0 Å². The number of urea groups is 2. The molecule has 5 aliphatic carbocycles. The minimum absolute atomic E-state index is 0. The number of fused-ring (bicyclic) bond motifs is 14. The quantitative estimate of drug-likeness (QED) is 0.190. The molecule has 19 rings (SSSR count). The number of nitrogens with one attached hydrogen (secondary N) is 1. The zero-order valence-electron chi connectivity index (χ0n) is 68.3. The lowest BCUT2D eigenvalue weighted by Crippen LogP contribution is -2.55. The minimum Gasteiger partial charge on any atom is -0.450 e. The molecule has 10 heterocycles. The van der Waals surface area contributed by atoms with E-state index in [0.717, 1.165) is 168 Å². The summed E-state index contributed by atoms with van der Waals surface area (Å²) < 4.78 is 5.33. The van der Waals surface area contributed by atoms with Crippen molar-refractivity contribution in [3.8, 4) is 0 Å². The van der Waals surface area contributed by atoms with Crippen LogP contribution in [0.25, 0.3) is 0 Å². The molecule has 4 aromatic carbocycles. The van der Waals surface area contributed by atoms with Gasteiger partial charge < -0.3 is 50.1 Å². The SMILES string of the molecule is CCOC(=O)N1C2CCC1CC(N1CCC3(CCCN(C(C)=O)c4ccccc43)CC1)C2.CN(C)C(=O)N1CCCC2(CCN(CC3CCCCC3)CC2)c2ccccc21.NC(=O)N1CCCC2(CCN(C3C[C@@H]4CC[C@@H]3C4)CC2)c2ccccc21.O=C1CCC2(CCN(C3CC4CCC(C4)C3)CC2)c2ccccc2N1.[HH].[HH]. The molecule has 6 bridgehead atoms. The van der Waals surface area contributed by atoms with Gasteiger partial charge in [-0.2, -0.15) is 0 Å². The Balaban J connectivity index is 0.000000125. The van der Waals surface area contributed by atoms with E-state index in [1.165, 1.54) is 209 Å². The second-order valence-electron chi connectivity index (χ2n) is 38.0. The van der Waals surface area contributed by atoms with Crippen molar-refractivity contribution < 1.29 is 31.6 Å². The van der Waals surface area contributed by atoms with Crippen molar-refractivity contribution in [2.24, 2.45) is 35.3 Å². The van der Waals surface area contributed by atoms with Gasteiger partial charge >= 0.3 is 18.2 Å². The Hall–Kier alpha value is -6.53. The van der Waals surface area contributed by atoms with Crippen molar-refractivity contribution >= 4 is 52.7 Å². The number of piperidine rings is 5. The molecule has 0 radical (unpaired) electrons. The van der Waals surface area contributed by atoms with Gasteiger partial charge in [-0.1, -0.05) is 111 Å². The molecule has 111 heavy (non-hydrogen) atoms. The summed E-state index contributed by atoms with van der Waals surface area (Å²) in [6, 6.07) is 37.1. The summed E-state index contributed by atoms with van der Waals surface area (Å²) in [4.78, 5) is 82.3. The molecule has 7 atom stereocenters. The van der Waals surface area contributed by atoms with Gasteiger partial charge in [0, 0.05) is 115 Å². The van der Waals surface area contributed by atoms with Crippen molar-refractivity contribution in [2.75, 3.05) is 119 Å². The molecule has 606 valence electrons. The lowest BCUT2D eigenvalue weighted by molar-refractivity contribution is -0.117. The molecule has 6 saturated heterocycles. The van der Waals surface area contributed by atoms with E-state index in [2.05, 4.69) is 110 Å². The number of hydrogen-bond acceptors (Lipinski definition) is 10. The van der Waals surface area contributed by atoms with Crippen LogP contribution in [0.5, 0.6) is 0 Å². The van der Waals surface area contributed by atoms with Crippen LogP contribution in [-0.2, 0) is 36.0 Å². The topological polar surface area (TPSA) is 162 Å². The fourth-order valence-corrected chi connectivity index (χ4v) is 26.0. The molecule has 10 aliphatic heterocycles. The third kappa shape index (κ3) is 16.5. The summed E-state index contributed by atoms with van der Waals surface area (Å²) in [6.07, 6.45) is 42.8. The summed E-state index contributed by atoms with van der Waals surface area (Å²) in [5.74, 6) is 5.29. The molecule has 5 unspecified atom stereocenters. The third-order valence-corrected chi connectivity index (χ3v) is 31.8. The highest BCUT2D eigenvalue weighted by atomic mass is 16.6. The Morgan fingerprint density at radius 1 is 0.468 bits per heavy atom. The first-order chi connectivity index (χ1) is 54.0. The van der Waals surface area contributed by atoms with E-state index in [1.807, 2.05) is 47.9 Å². The van der Waals surface area contributed by atoms with Crippen LogP contribution in [0.2, 0.25) is 0 Å². The van der Waals surface area contributed by atoms with Gasteiger partial charge in [-0.3, -0.25) is 19.4 Å². The van der Waals surface area contributed by atoms with Gasteiger partial charge in [0.2, 0.25) is 11.8 Å². The highest BCUT2D eigenvalue weighted by Gasteiger charge is 2.51. The lowest BCUT2D eigenvalue weighted by atomic mass is 9.69. The van der Waals surface area contributed by atoms with E-state index in [-0.39, 0.29) is 54.5 Å². The van der Waals surface area contributed by atoms with Crippen molar-refractivity contribution in [1.82, 2.24) is 29.4 Å². The number of ether oxygens (including phenoxy) is 1. The first kappa shape index (κ1) is 78.4. The molecule has 0 aromatic heterocycles. The Labute approximate surface area is 668 Å². The van der Waals surface area contributed by atoms with E-state index in [4.69, 9.17) is 10.5 Å². The maximum absolute atomic E-state index is 12.8. The second kappa shape index (κ2) is 34.1. The van der Waals surface area contributed by atoms with Gasteiger partial charge in [0.1, 0.15) is 0 Å². The second-order valence-corrected chi connectivity index (χ2v) is 38.0. The summed E-state index contributed by atoms with van der Waals surface area (Å²) >= 11 is 0. The maximum atomic E-state index is 12.8. The third-order valence-electron chi connectivity index (χ3n) is 31.8. The number of hydrogen-bond donors (Lipinski definition) is 2. The molecule has 3 N–H and O–H groups in total. The molecule has 4 aromatic rings. The van der Waals surface area contributed by atoms with Gasteiger partial charge in [0.25, 0.3) is 0 Å². The standard InChI is InChI=1S/C26H37N3O3.C24H37N3O.C22H31N3O.C22H30N2O.2H2/c1-3-32-25(31)29-20-9-10-21(29)18-22(17-20)27-15-12-26(13-16-27)11-6-14-28(19(2)30)24-8-5-4-7-23(24)26;1-25(2)23(28)27-16-8-13-24(21-11-6-7-12-22(21)27)14-17-26(18-15-24)19-20-9-4-3-5-10-20;23-21(26)25-11-3-8-22(18-4-1-2-5-19(18)25)9-12-24(13-10-22)20-15-16-6-7-17(20)14-16;25-21-7-8-22(19-3-1-2-4-20(19)23-21)9-11-24(12-10-22)18-14-16-5-6-17(13-16)15-18;;/h4-5,7-8,20-22H,3,6,9-18H2,1-2H3;6-7,11-12,20H,3-5,8-10,13-19H2,1-2H3;1-2,4-5,16-17,20H,3,6-15H2,(H2,23,26);1-4,16-18H,5-15H2,(H,23,25);2*1H/t;;16-,17-,20?;;;/m..1.../s1. The van der Waals surface area contributed by atoms with Crippen molar-refractivity contribution in [2.45, 2.75) is 284 Å². The minimum atomic E-state index is -0.311. The number of carbonyl (C=O) groups excluding carboxylic acids is 5. The Morgan fingerprint density at radius 2 is 0.928 bits per heavy atom. The number of rotatable bonds is 6. The number of para-hydroxylation sites is 4. The van der Waals surface area contributed by atoms with Crippen molar-refractivity contribution in [3.63, 3.8) is 0 Å². The number of likely N-dealkylation sites (tertiary alicyclic amines) is 4. The van der Waals surface area contributed by atoms with Crippen molar-refractivity contribution in [1.29, 1.82) is 0 Å². The van der Waals surface area contributed by atoms with Gasteiger partial charge in [-0.15, -0.1) is 0 Å². The number of nitrogens with two attached hydrogens (primary N) is 1. The van der Waals surface area contributed by atoms with E-state index in [9.17, 15) is 24.0 Å². The molecule has 17 nitrogen and oxygen atoms in total. The van der Waals surface area contributed by atoms with Crippen LogP contribution in [0, 0.1) is 29.6 Å². The highest BCUT2D eigenvalue weighted by molar-refractivity contribution is 5.95. The van der Waals surface area contributed by atoms with Crippen LogP contribution in [0.15, 0.2) is 97.1 Å². The first-order valence-electron chi connectivity index (χ1n) is 44.9. The Morgan fingerprint density at radius 3 is 1.44 bits per heavy atom. The maximum Gasteiger partial charge on any atom is 0.410 e. The predicted octanol–water partition coefficient (Wildman–Crippen LogP) is 17.9. The van der Waals surface area contributed by atoms with Crippen LogP contribution >= 0.6 is 0 Å². The molecule has 15 aliphatic rings. The molecular weight excluding hydrogens is 1380 g/mol. The van der Waals surface area contributed by atoms with Gasteiger partial charge in [-0.05, 0) is 325 Å². The largest absolute Gasteiger partial charge is 0.450 e. The van der Waals surface area contributed by atoms with Gasteiger partial charge in [0.15, 0.2) is 0 Å². The predicted molar refractivity (Wildman–Crippen MR) is 450 cm³/mol. The molecule has 17 heteroatoms. The number of amides is 7. The molecule has 5 saturated carbocycles. The average molecular weight is 1520 g/mol. The monoisotopic (exact) mass is 1520 g/mol. The zero-order chi connectivity index (χ0) is 76.4. The fraction of sp³-hybridized carbons (Fsp3) is 0.691. The highest BCUT2D eigenvalue weighted by Crippen LogP contribution is 2.54. The summed E-state index contributed by atoms with van der Waals surface area (Å²) in [7, 11) is 3.71. The fourth-order valence-electron chi connectivity index (χ4n) is 26.0. The van der Waals surface area contributed by atoms with Crippen molar-refractivity contribution in [3.05, 3.63) is 119 Å². The Kier molecular flexibility index (Phi) is 24.1. The van der Waals surface area contributed by atoms with Crippen LogP contribution in [-0.4, -0.2) is 189 Å². The van der Waals surface area contributed by atoms with Crippen LogP contribution in [0.1, 0.15) is 257 Å². The number of carbonyl (C=O) groups is 5. The van der Waals surface area contributed by atoms with E-state index in [1.54, 1.807) is 16.7 Å². The number of anilines is 4. The molecule has 7 amide bonds. The number of benzene rings is 4.